The van der Waals surface area contributed by atoms with Crippen molar-refractivity contribution in [3.05, 3.63) is 29.3 Å². The van der Waals surface area contributed by atoms with Gasteiger partial charge < -0.3 is 10.2 Å². The van der Waals surface area contributed by atoms with Crippen molar-refractivity contribution in [2.45, 2.75) is 26.4 Å². The molecule has 0 heterocycles. The Balaban J connectivity index is 2.85. The Labute approximate surface area is 116 Å². The molecular formula is C14H19F3N2O. The van der Waals surface area contributed by atoms with Gasteiger partial charge in [-0.3, -0.25) is 4.79 Å². The number of amides is 1. The molecule has 0 saturated heterocycles. The molecule has 0 aliphatic rings. The lowest BCUT2D eigenvalue weighted by Gasteiger charge is -2.20. The van der Waals surface area contributed by atoms with Gasteiger partial charge >= 0.3 is 6.18 Å². The fraction of sp³-hybridized carbons (Fsp3) is 0.500. The smallest absolute Gasteiger partial charge is 0.385 e. The first-order valence-electron chi connectivity index (χ1n) is 6.41. The number of nitrogens with zero attached hydrogens (tertiary/aromatic N) is 1. The van der Waals surface area contributed by atoms with Crippen LogP contribution in [-0.4, -0.2) is 37.1 Å². The van der Waals surface area contributed by atoms with Gasteiger partial charge in [0, 0.05) is 25.8 Å². The van der Waals surface area contributed by atoms with Gasteiger partial charge in [0.05, 0.1) is 12.0 Å². The van der Waals surface area contributed by atoms with E-state index in [1.165, 1.54) is 7.05 Å². The van der Waals surface area contributed by atoms with Crippen LogP contribution in [0.15, 0.2) is 18.2 Å². The quantitative estimate of drug-likeness (QED) is 0.900. The molecule has 0 spiro atoms. The predicted octanol–water partition coefficient (Wildman–Crippen LogP) is 3.45. The molecule has 1 N–H and O–H groups in total. The van der Waals surface area contributed by atoms with Gasteiger partial charge in [-0.2, -0.15) is 13.2 Å². The molecule has 1 rings (SSSR count). The SMILES string of the molecule is CCNc1cc(C)ccc1C(=O)N(C)CCC(F)(F)F. The zero-order valence-corrected chi connectivity index (χ0v) is 11.8. The van der Waals surface area contributed by atoms with E-state index >= 15 is 0 Å². The number of halogens is 3. The van der Waals surface area contributed by atoms with Crippen LogP contribution in [0.3, 0.4) is 0 Å². The lowest BCUT2D eigenvalue weighted by molar-refractivity contribution is -0.136. The van der Waals surface area contributed by atoms with E-state index in [-0.39, 0.29) is 6.54 Å². The molecule has 1 aromatic carbocycles. The minimum Gasteiger partial charge on any atom is -0.385 e. The van der Waals surface area contributed by atoms with Gasteiger partial charge in [0.1, 0.15) is 0 Å². The van der Waals surface area contributed by atoms with Gasteiger partial charge in [-0.15, -0.1) is 0 Å². The average Bonchev–Trinajstić information content (AvgIpc) is 2.35. The number of hydrogen-bond donors (Lipinski definition) is 1. The van der Waals surface area contributed by atoms with E-state index in [4.69, 9.17) is 0 Å². The Kier molecular flexibility index (Phi) is 5.42. The van der Waals surface area contributed by atoms with Gasteiger partial charge in [-0.05, 0) is 31.5 Å². The number of carbonyl (C=O) groups is 1. The molecule has 0 saturated carbocycles. The van der Waals surface area contributed by atoms with E-state index in [2.05, 4.69) is 5.32 Å². The lowest BCUT2D eigenvalue weighted by Crippen LogP contribution is -2.31. The van der Waals surface area contributed by atoms with Crippen molar-refractivity contribution < 1.29 is 18.0 Å². The van der Waals surface area contributed by atoms with Crippen molar-refractivity contribution >= 4 is 11.6 Å². The number of aryl methyl sites for hydroxylation is 1. The maximum absolute atomic E-state index is 12.2. The third kappa shape index (κ3) is 4.75. The number of anilines is 1. The molecule has 0 aliphatic carbocycles. The number of nitrogens with one attached hydrogen (secondary N) is 1. The molecule has 1 aromatic rings. The van der Waals surface area contributed by atoms with Crippen LogP contribution in [0.2, 0.25) is 0 Å². The zero-order valence-electron chi connectivity index (χ0n) is 11.8. The molecule has 20 heavy (non-hydrogen) atoms. The van der Waals surface area contributed by atoms with Crippen molar-refractivity contribution in [2.24, 2.45) is 0 Å². The molecule has 0 unspecified atom stereocenters. The molecule has 0 aliphatic heterocycles. The molecule has 0 radical (unpaired) electrons. The molecule has 6 heteroatoms. The van der Waals surface area contributed by atoms with Gasteiger partial charge in [0.15, 0.2) is 0 Å². The van der Waals surface area contributed by atoms with E-state index in [9.17, 15) is 18.0 Å². The summed E-state index contributed by atoms with van der Waals surface area (Å²) in [4.78, 5) is 13.3. The normalized spacial score (nSPS) is 11.3. The predicted molar refractivity (Wildman–Crippen MR) is 73.0 cm³/mol. The largest absolute Gasteiger partial charge is 0.390 e. The molecule has 112 valence electrons. The first-order valence-corrected chi connectivity index (χ1v) is 6.41. The number of rotatable bonds is 5. The van der Waals surface area contributed by atoms with Gasteiger partial charge in [0.25, 0.3) is 5.91 Å². The summed E-state index contributed by atoms with van der Waals surface area (Å²) < 4.78 is 36.6. The Hall–Kier alpha value is -1.72. The summed E-state index contributed by atoms with van der Waals surface area (Å²) in [5, 5.41) is 3.06. The maximum atomic E-state index is 12.2. The highest BCUT2D eigenvalue weighted by molar-refractivity contribution is 5.99. The third-order valence-corrected chi connectivity index (χ3v) is 2.85. The van der Waals surface area contributed by atoms with E-state index in [0.717, 1.165) is 10.5 Å². The maximum Gasteiger partial charge on any atom is 0.390 e. The van der Waals surface area contributed by atoms with Gasteiger partial charge in [0.2, 0.25) is 0 Å². The van der Waals surface area contributed by atoms with Gasteiger partial charge in [-0.1, -0.05) is 6.07 Å². The van der Waals surface area contributed by atoms with E-state index in [1.54, 1.807) is 12.1 Å². The second-order valence-electron chi connectivity index (χ2n) is 4.67. The number of carbonyl (C=O) groups excluding carboxylic acids is 1. The Bertz CT molecular complexity index is 472. The molecule has 0 atom stereocenters. The van der Waals surface area contributed by atoms with Crippen molar-refractivity contribution in [2.75, 3.05) is 25.5 Å². The average molecular weight is 288 g/mol. The third-order valence-electron chi connectivity index (χ3n) is 2.85. The molecule has 0 bridgehead atoms. The Morgan fingerprint density at radius 3 is 2.55 bits per heavy atom. The van der Waals surface area contributed by atoms with E-state index < -0.39 is 18.5 Å². The van der Waals surface area contributed by atoms with E-state index in [0.29, 0.717) is 17.8 Å². The Morgan fingerprint density at radius 1 is 1.35 bits per heavy atom. The zero-order chi connectivity index (χ0) is 15.3. The summed E-state index contributed by atoms with van der Waals surface area (Å²) in [6.07, 6.45) is -5.26. The van der Waals surface area contributed by atoms with Crippen LogP contribution in [-0.2, 0) is 0 Å². The van der Waals surface area contributed by atoms with Crippen LogP contribution >= 0.6 is 0 Å². The van der Waals surface area contributed by atoms with Crippen molar-refractivity contribution in [1.29, 1.82) is 0 Å². The minimum atomic E-state index is -4.26. The molecule has 1 amide bonds. The first kappa shape index (κ1) is 16.3. The summed E-state index contributed by atoms with van der Waals surface area (Å²) >= 11 is 0. The van der Waals surface area contributed by atoms with Gasteiger partial charge in [-0.25, -0.2) is 0 Å². The summed E-state index contributed by atoms with van der Waals surface area (Å²) in [5.41, 5.74) is 2.02. The second kappa shape index (κ2) is 6.63. The molecular weight excluding hydrogens is 269 g/mol. The number of benzene rings is 1. The molecule has 0 fully saturated rings. The van der Waals surface area contributed by atoms with Crippen LogP contribution in [0.1, 0.15) is 29.3 Å². The first-order chi connectivity index (χ1) is 9.24. The summed E-state index contributed by atoms with van der Waals surface area (Å²) in [6, 6.07) is 5.22. The number of hydrogen-bond acceptors (Lipinski definition) is 2. The van der Waals surface area contributed by atoms with E-state index in [1.807, 2.05) is 19.9 Å². The number of alkyl halides is 3. The van der Waals surface area contributed by atoms with Crippen LogP contribution in [0, 0.1) is 6.92 Å². The highest BCUT2D eigenvalue weighted by Crippen LogP contribution is 2.22. The minimum absolute atomic E-state index is 0.345. The Morgan fingerprint density at radius 2 is 2.00 bits per heavy atom. The van der Waals surface area contributed by atoms with Crippen LogP contribution in [0.4, 0.5) is 18.9 Å². The summed E-state index contributed by atoms with van der Waals surface area (Å²) in [5.74, 6) is -0.412. The summed E-state index contributed by atoms with van der Waals surface area (Å²) in [7, 11) is 1.38. The van der Waals surface area contributed by atoms with Crippen LogP contribution in [0.25, 0.3) is 0 Å². The topological polar surface area (TPSA) is 32.3 Å². The lowest BCUT2D eigenvalue weighted by atomic mass is 10.1. The molecule has 0 aromatic heterocycles. The monoisotopic (exact) mass is 288 g/mol. The highest BCUT2D eigenvalue weighted by atomic mass is 19.4. The highest BCUT2D eigenvalue weighted by Gasteiger charge is 2.28. The van der Waals surface area contributed by atoms with Crippen molar-refractivity contribution in [3.8, 4) is 0 Å². The fourth-order valence-corrected chi connectivity index (χ4v) is 1.78. The van der Waals surface area contributed by atoms with Crippen LogP contribution in [0.5, 0.6) is 0 Å². The van der Waals surface area contributed by atoms with Crippen molar-refractivity contribution in [1.82, 2.24) is 4.90 Å². The summed E-state index contributed by atoms with van der Waals surface area (Å²) in [6.45, 7) is 4.07. The fourth-order valence-electron chi connectivity index (χ4n) is 1.78. The van der Waals surface area contributed by atoms with Crippen molar-refractivity contribution in [3.63, 3.8) is 0 Å². The second-order valence-corrected chi connectivity index (χ2v) is 4.67. The standard InChI is InChI=1S/C14H19F3N2O/c1-4-18-12-9-10(2)5-6-11(12)13(20)19(3)8-7-14(15,16)17/h5-6,9,18H,4,7-8H2,1-3H3. The van der Waals surface area contributed by atoms with Crippen LogP contribution < -0.4 is 5.32 Å². The molecule has 3 nitrogen and oxygen atoms in total.